The number of nitrogens with one attached hydrogen (secondary N) is 2. The van der Waals surface area contributed by atoms with Crippen LogP contribution in [0.3, 0.4) is 0 Å². The van der Waals surface area contributed by atoms with Gasteiger partial charge in [0.1, 0.15) is 12.4 Å². The molecule has 6 nitrogen and oxygen atoms in total. The van der Waals surface area contributed by atoms with Crippen LogP contribution in [0.4, 0.5) is 0 Å². The van der Waals surface area contributed by atoms with E-state index < -0.39 is 0 Å². The maximum absolute atomic E-state index is 11.6. The molecular weight excluding hydrogens is 230 g/mol. The molecule has 6 heteroatoms. The van der Waals surface area contributed by atoms with Gasteiger partial charge in [0.05, 0.1) is 19.0 Å². The van der Waals surface area contributed by atoms with E-state index in [2.05, 4.69) is 22.5 Å². The lowest BCUT2D eigenvalue weighted by Gasteiger charge is -2.08. The van der Waals surface area contributed by atoms with Crippen LogP contribution in [0.5, 0.6) is 0 Å². The van der Waals surface area contributed by atoms with Crippen LogP contribution in [-0.4, -0.2) is 28.5 Å². The molecule has 1 amide bonds. The number of rotatable bonds is 8. The van der Waals surface area contributed by atoms with Gasteiger partial charge in [0.15, 0.2) is 0 Å². The van der Waals surface area contributed by atoms with Gasteiger partial charge in [-0.1, -0.05) is 6.92 Å². The van der Waals surface area contributed by atoms with Crippen molar-refractivity contribution in [1.29, 1.82) is 5.26 Å². The van der Waals surface area contributed by atoms with Crippen molar-refractivity contribution in [2.75, 3.05) is 13.1 Å². The first kappa shape index (κ1) is 14.2. The molecule has 0 fully saturated rings. The van der Waals surface area contributed by atoms with Gasteiger partial charge in [-0.25, -0.2) is 4.98 Å². The van der Waals surface area contributed by atoms with E-state index in [0.717, 1.165) is 18.8 Å². The minimum absolute atomic E-state index is 0.0972. The molecule has 1 rings (SSSR count). The Morgan fingerprint density at radius 3 is 3.11 bits per heavy atom. The first-order valence-electron chi connectivity index (χ1n) is 6.12. The van der Waals surface area contributed by atoms with Crippen LogP contribution < -0.4 is 10.6 Å². The van der Waals surface area contributed by atoms with Crippen molar-refractivity contribution >= 4 is 5.91 Å². The summed E-state index contributed by atoms with van der Waals surface area (Å²) >= 11 is 0. The molecule has 0 aromatic carbocycles. The highest BCUT2D eigenvalue weighted by Crippen LogP contribution is 1.97. The molecule has 0 saturated heterocycles. The predicted octanol–water partition coefficient (Wildman–Crippen LogP) is 0.413. The van der Waals surface area contributed by atoms with Crippen LogP contribution in [-0.2, 0) is 17.9 Å². The van der Waals surface area contributed by atoms with E-state index in [0.29, 0.717) is 19.5 Å². The van der Waals surface area contributed by atoms with Crippen molar-refractivity contribution in [3.8, 4) is 6.07 Å². The minimum atomic E-state index is -0.0972. The quantitative estimate of drug-likeness (QED) is 0.654. The molecular formula is C12H19N5O. The van der Waals surface area contributed by atoms with Gasteiger partial charge in [-0.3, -0.25) is 4.79 Å². The highest BCUT2D eigenvalue weighted by Gasteiger charge is 2.06. The Labute approximate surface area is 107 Å². The van der Waals surface area contributed by atoms with E-state index in [1.165, 1.54) is 0 Å². The second kappa shape index (κ2) is 8.25. The van der Waals surface area contributed by atoms with Gasteiger partial charge >= 0.3 is 0 Å². The Morgan fingerprint density at radius 1 is 1.56 bits per heavy atom. The summed E-state index contributed by atoms with van der Waals surface area (Å²) in [5.74, 6) is 0.749. The number of carbonyl (C=O) groups excluding carboxylic acids is 1. The highest BCUT2D eigenvalue weighted by molar-refractivity contribution is 5.75. The SMILES string of the molecule is CCCNCc1nccn1CC(=O)NCCC#N. The summed E-state index contributed by atoms with van der Waals surface area (Å²) in [4.78, 5) is 15.8. The van der Waals surface area contributed by atoms with Gasteiger partial charge in [-0.15, -0.1) is 0 Å². The Balaban J connectivity index is 2.39. The average molecular weight is 249 g/mol. The largest absolute Gasteiger partial charge is 0.354 e. The molecule has 18 heavy (non-hydrogen) atoms. The third-order valence-corrected chi connectivity index (χ3v) is 2.38. The summed E-state index contributed by atoms with van der Waals surface area (Å²) in [5.41, 5.74) is 0. The number of hydrogen-bond acceptors (Lipinski definition) is 4. The first-order chi connectivity index (χ1) is 8.77. The van der Waals surface area contributed by atoms with Crippen LogP contribution >= 0.6 is 0 Å². The van der Waals surface area contributed by atoms with Gasteiger partial charge in [-0.2, -0.15) is 5.26 Å². The van der Waals surface area contributed by atoms with Gasteiger partial charge < -0.3 is 15.2 Å². The molecule has 0 bridgehead atoms. The van der Waals surface area contributed by atoms with Gasteiger partial charge in [-0.05, 0) is 13.0 Å². The molecule has 98 valence electrons. The van der Waals surface area contributed by atoms with Crippen molar-refractivity contribution in [3.63, 3.8) is 0 Å². The Bertz CT molecular complexity index is 407. The summed E-state index contributed by atoms with van der Waals surface area (Å²) in [5, 5.41) is 14.3. The second-order valence-corrected chi connectivity index (χ2v) is 3.91. The van der Waals surface area contributed by atoms with Gasteiger partial charge in [0, 0.05) is 18.9 Å². The lowest BCUT2D eigenvalue weighted by molar-refractivity contribution is -0.121. The van der Waals surface area contributed by atoms with Gasteiger partial charge in [0.25, 0.3) is 0 Å². The number of nitriles is 1. The zero-order valence-corrected chi connectivity index (χ0v) is 10.6. The average Bonchev–Trinajstić information content (AvgIpc) is 2.77. The molecule has 0 spiro atoms. The molecule has 0 aliphatic rings. The Morgan fingerprint density at radius 2 is 2.39 bits per heavy atom. The maximum atomic E-state index is 11.6. The number of hydrogen-bond donors (Lipinski definition) is 2. The standard InChI is InChI=1S/C12H19N5O/c1-2-5-14-9-11-15-7-8-17(11)10-12(18)16-6-3-4-13/h7-8,14H,2-3,5-6,9-10H2,1H3,(H,16,18). The number of amides is 1. The van der Waals surface area contributed by atoms with Gasteiger partial charge in [0.2, 0.25) is 5.91 Å². The third kappa shape index (κ3) is 4.97. The normalized spacial score (nSPS) is 10.0. The van der Waals surface area contributed by atoms with E-state index in [-0.39, 0.29) is 12.5 Å². The summed E-state index contributed by atoms with van der Waals surface area (Å²) in [7, 11) is 0. The molecule has 0 radical (unpaired) electrons. The van der Waals surface area contributed by atoms with E-state index >= 15 is 0 Å². The van der Waals surface area contributed by atoms with Crippen LogP contribution in [0.25, 0.3) is 0 Å². The fourth-order valence-electron chi connectivity index (χ4n) is 1.50. The third-order valence-electron chi connectivity index (χ3n) is 2.38. The molecule has 2 N–H and O–H groups in total. The second-order valence-electron chi connectivity index (χ2n) is 3.91. The number of imidazole rings is 1. The van der Waals surface area contributed by atoms with Crippen LogP contribution in [0.1, 0.15) is 25.6 Å². The number of aromatic nitrogens is 2. The van der Waals surface area contributed by atoms with Crippen molar-refractivity contribution in [1.82, 2.24) is 20.2 Å². The highest BCUT2D eigenvalue weighted by atomic mass is 16.1. The van der Waals surface area contributed by atoms with E-state index in [4.69, 9.17) is 5.26 Å². The number of nitrogens with zero attached hydrogens (tertiary/aromatic N) is 3. The van der Waals surface area contributed by atoms with Crippen molar-refractivity contribution in [3.05, 3.63) is 18.2 Å². The van der Waals surface area contributed by atoms with Crippen molar-refractivity contribution in [2.45, 2.75) is 32.9 Å². The molecule has 1 heterocycles. The predicted molar refractivity (Wildman–Crippen MR) is 67.5 cm³/mol. The first-order valence-corrected chi connectivity index (χ1v) is 6.12. The zero-order valence-electron chi connectivity index (χ0n) is 10.6. The Kier molecular flexibility index (Phi) is 6.51. The molecule has 0 saturated carbocycles. The molecule has 0 atom stereocenters. The minimum Gasteiger partial charge on any atom is -0.354 e. The molecule has 1 aromatic heterocycles. The smallest absolute Gasteiger partial charge is 0.240 e. The van der Waals surface area contributed by atoms with E-state index in [1.807, 2.05) is 10.6 Å². The fraction of sp³-hybridized carbons (Fsp3) is 0.583. The summed E-state index contributed by atoms with van der Waals surface area (Å²) in [6.07, 6.45) is 4.87. The number of carbonyl (C=O) groups is 1. The molecule has 0 aliphatic heterocycles. The summed E-state index contributed by atoms with van der Waals surface area (Å²) in [6, 6.07) is 1.98. The monoisotopic (exact) mass is 249 g/mol. The van der Waals surface area contributed by atoms with Crippen molar-refractivity contribution < 1.29 is 4.79 Å². The fourth-order valence-corrected chi connectivity index (χ4v) is 1.50. The Hall–Kier alpha value is -1.87. The lowest BCUT2D eigenvalue weighted by Crippen LogP contribution is -2.29. The zero-order chi connectivity index (χ0) is 13.2. The lowest BCUT2D eigenvalue weighted by atomic mass is 10.4. The summed E-state index contributed by atoms with van der Waals surface area (Å²) in [6.45, 7) is 4.33. The van der Waals surface area contributed by atoms with Crippen LogP contribution in [0, 0.1) is 11.3 Å². The van der Waals surface area contributed by atoms with Crippen LogP contribution in [0.15, 0.2) is 12.4 Å². The molecule has 0 unspecified atom stereocenters. The van der Waals surface area contributed by atoms with Crippen LogP contribution in [0.2, 0.25) is 0 Å². The summed E-state index contributed by atoms with van der Waals surface area (Å²) < 4.78 is 1.81. The molecule has 0 aliphatic carbocycles. The van der Waals surface area contributed by atoms with E-state index in [9.17, 15) is 4.79 Å². The van der Waals surface area contributed by atoms with Crippen molar-refractivity contribution in [2.24, 2.45) is 0 Å². The maximum Gasteiger partial charge on any atom is 0.240 e. The topological polar surface area (TPSA) is 82.7 Å². The molecule has 1 aromatic rings. The van der Waals surface area contributed by atoms with E-state index in [1.54, 1.807) is 12.4 Å².